The first-order valence-corrected chi connectivity index (χ1v) is 11.5. The molecule has 0 saturated carbocycles. The van der Waals surface area contributed by atoms with E-state index in [9.17, 15) is 9.18 Å². The van der Waals surface area contributed by atoms with Crippen LogP contribution in [0.25, 0.3) is 6.08 Å². The summed E-state index contributed by atoms with van der Waals surface area (Å²) in [4.78, 5) is 11.1. The van der Waals surface area contributed by atoms with Gasteiger partial charge >= 0.3 is 14.8 Å². The van der Waals surface area contributed by atoms with Gasteiger partial charge in [-0.3, -0.25) is 0 Å². The number of ether oxygens (including phenoxy) is 2. The molecule has 0 atom stereocenters. The lowest BCUT2D eigenvalue weighted by Crippen LogP contribution is -2.45. The second-order valence-electron chi connectivity index (χ2n) is 5.83. The number of benzene rings is 1. The first kappa shape index (κ1) is 24.3. The van der Waals surface area contributed by atoms with E-state index in [4.69, 9.17) is 18.0 Å². The van der Waals surface area contributed by atoms with Gasteiger partial charge in [0.1, 0.15) is 0 Å². The first-order valence-electron chi connectivity index (χ1n) is 9.60. The Kier molecular flexibility index (Phi) is 11.7. The second kappa shape index (κ2) is 13.4. The molecule has 1 aromatic carbocycles. The summed E-state index contributed by atoms with van der Waals surface area (Å²) in [6.45, 7) is 7.80. The minimum absolute atomic E-state index is 0.179. The Labute approximate surface area is 167 Å². The Hall–Kier alpha value is -1.74. The summed E-state index contributed by atoms with van der Waals surface area (Å²) in [5.74, 6) is -0.793. The van der Waals surface area contributed by atoms with Crippen molar-refractivity contribution in [3.8, 4) is 5.75 Å². The van der Waals surface area contributed by atoms with E-state index in [2.05, 4.69) is 4.74 Å². The Morgan fingerprint density at radius 3 is 2.25 bits per heavy atom. The molecule has 1 rings (SSSR count). The van der Waals surface area contributed by atoms with E-state index in [1.165, 1.54) is 25.3 Å². The minimum Gasteiger partial charge on any atom is -0.491 e. The maximum absolute atomic E-state index is 14.1. The number of esters is 1. The number of methoxy groups -OCH3 is 1. The van der Waals surface area contributed by atoms with Crippen LogP contribution in [0.5, 0.6) is 5.75 Å². The second-order valence-corrected chi connectivity index (χ2v) is 8.57. The standard InChI is InChI=1S/C20H31FO6Si/c1-5-25-28(26-6-2,27-7-3)15-9-8-14-24-19-12-10-17(16-18(19)21)11-13-20(22)23-4/h10-13,16H,5-9,14-15H2,1-4H3/b13-11+. The molecule has 0 unspecified atom stereocenters. The third-order valence-electron chi connectivity index (χ3n) is 3.80. The summed E-state index contributed by atoms with van der Waals surface area (Å²) in [5, 5.41) is 0. The van der Waals surface area contributed by atoms with Crippen molar-refractivity contribution in [2.75, 3.05) is 33.5 Å². The molecule has 0 aliphatic carbocycles. The number of carbonyl (C=O) groups is 1. The van der Waals surface area contributed by atoms with Gasteiger partial charge in [0.05, 0.1) is 13.7 Å². The lowest BCUT2D eigenvalue weighted by atomic mass is 10.2. The molecular formula is C20H31FO6Si. The lowest BCUT2D eigenvalue weighted by Gasteiger charge is -2.28. The average molecular weight is 415 g/mol. The fourth-order valence-electron chi connectivity index (χ4n) is 2.60. The van der Waals surface area contributed by atoms with Gasteiger partial charge in [0.2, 0.25) is 0 Å². The van der Waals surface area contributed by atoms with E-state index in [1.807, 2.05) is 20.8 Å². The first-order chi connectivity index (χ1) is 13.5. The van der Waals surface area contributed by atoms with Gasteiger partial charge in [0.15, 0.2) is 11.6 Å². The van der Waals surface area contributed by atoms with E-state index in [0.717, 1.165) is 12.8 Å². The monoisotopic (exact) mass is 414 g/mol. The van der Waals surface area contributed by atoms with E-state index >= 15 is 0 Å². The molecule has 0 aliphatic rings. The number of carbonyl (C=O) groups excluding carboxylic acids is 1. The van der Waals surface area contributed by atoms with Crippen LogP contribution < -0.4 is 4.74 Å². The van der Waals surface area contributed by atoms with Gasteiger partial charge in [-0.05, 0) is 57.4 Å². The molecule has 0 aromatic heterocycles. The highest BCUT2D eigenvalue weighted by Crippen LogP contribution is 2.22. The summed E-state index contributed by atoms with van der Waals surface area (Å²) in [6.07, 6.45) is 4.25. The highest BCUT2D eigenvalue weighted by atomic mass is 28.4. The average Bonchev–Trinajstić information content (AvgIpc) is 2.67. The molecule has 8 heteroatoms. The van der Waals surface area contributed by atoms with Crippen LogP contribution in [0.3, 0.4) is 0 Å². The predicted molar refractivity (Wildman–Crippen MR) is 108 cm³/mol. The minimum atomic E-state index is -2.64. The quantitative estimate of drug-likeness (QED) is 0.197. The summed E-state index contributed by atoms with van der Waals surface area (Å²) in [5.41, 5.74) is 0.552. The zero-order valence-electron chi connectivity index (χ0n) is 17.2. The highest BCUT2D eigenvalue weighted by molar-refractivity contribution is 6.60. The third kappa shape index (κ3) is 8.51. The molecule has 0 amide bonds. The molecular weight excluding hydrogens is 383 g/mol. The van der Waals surface area contributed by atoms with E-state index < -0.39 is 20.6 Å². The van der Waals surface area contributed by atoms with E-state index in [0.29, 0.717) is 38.0 Å². The van der Waals surface area contributed by atoms with Crippen molar-refractivity contribution >= 4 is 20.8 Å². The van der Waals surface area contributed by atoms with Crippen molar-refractivity contribution in [1.29, 1.82) is 0 Å². The Morgan fingerprint density at radius 1 is 1.07 bits per heavy atom. The number of halogens is 1. The van der Waals surface area contributed by atoms with Crippen LogP contribution >= 0.6 is 0 Å². The van der Waals surface area contributed by atoms with Gasteiger partial charge in [0, 0.05) is 31.9 Å². The molecule has 1 aromatic rings. The number of rotatable bonds is 14. The van der Waals surface area contributed by atoms with Crippen molar-refractivity contribution < 1.29 is 31.9 Å². The van der Waals surface area contributed by atoms with E-state index in [1.54, 1.807) is 12.1 Å². The fourth-order valence-corrected chi connectivity index (χ4v) is 5.28. The topological polar surface area (TPSA) is 63.2 Å². The molecule has 0 N–H and O–H groups in total. The molecule has 0 fully saturated rings. The molecule has 158 valence electrons. The van der Waals surface area contributed by atoms with Gasteiger partial charge in [0.25, 0.3) is 0 Å². The molecule has 0 bridgehead atoms. The number of hydrogen-bond acceptors (Lipinski definition) is 6. The van der Waals surface area contributed by atoms with Gasteiger partial charge in [-0.25, -0.2) is 9.18 Å². The summed E-state index contributed by atoms with van der Waals surface area (Å²) >= 11 is 0. The van der Waals surface area contributed by atoms with Crippen LogP contribution in [0.2, 0.25) is 6.04 Å². The molecule has 6 nitrogen and oxygen atoms in total. The van der Waals surface area contributed by atoms with Crippen molar-refractivity contribution in [3.63, 3.8) is 0 Å². The van der Waals surface area contributed by atoms with Crippen LogP contribution in [-0.2, 0) is 22.8 Å². The Morgan fingerprint density at radius 2 is 1.71 bits per heavy atom. The van der Waals surface area contributed by atoms with Crippen LogP contribution in [0.1, 0.15) is 39.2 Å². The lowest BCUT2D eigenvalue weighted by molar-refractivity contribution is -0.134. The molecule has 0 spiro atoms. The Bertz CT molecular complexity index is 606. The largest absolute Gasteiger partial charge is 0.500 e. The third-order valence-corrected chi connectivity index (χ3v) is 6.95. The van der Waals surface area contributed by atoms with Gasteiger partial charge in [-0.2, -0.15) is 0 Å². The van der Waals surface area contributed by atoms with Crippen molar-refractivity contribution in [1.82, 2.24) is 0 Å². The fraction of sp³-hybridized carbons (Fsp3) is 0.550. The molecule has 0 heterocycles. The van der Waals surface area contributed by atoms with E-state index in [-0.39, 0.29) is 5.75 Å². The maximum Gasteiger partial charge on any atom is 0.500 e. The van der Waals surface area contributed by atoms with Crippen LogP contribution in [0.4, 0.5) is 4.39 Å². The molecule has 0 radical (unpaired) electrons. The summed E-state index contributed by atoms with van der Waals surface area (Å²) < 4.78 is 41.6. The normalized spacial score (nSPS) is 11.8. The van der Waals surface area contributed by atoms with Gasteiger partial charge in [-0.1, -0.05) is 6.07 Å². The number of unbranched alkanes of at least 4 members (excludes halogenated alkanes) is 1. The number of hydrogen-bond donors (Lipinski definition) is 0. The predicted octanol–water partition coefficient (Wildman–Crippen LogP) is 4.22. The van der Waals surface area contributed by atoms with Gasteiger partial charge < -0.3 is 22.8 Å². The van der Waals surface area contributed by atoms with Crippen LogP contribution in [-0.4, -0.2) is 48.3 Å². The van der Waals surface area contributed by atoms with Crippen LogP contribution in [0.15, 0.2) is 24.3 Å². The van der Waals surface area contributed by atoms with Gasteiger partial charge in [-0.15, -0.1) is 0 Å². The maximum atomic E-state index is 14.1. The van der Waals surface area contributed by atoms with Crippen molar-refractivity contribution in [2.24, 2.45) is 0 Å². The van der Waals surface area contributed by atoms with Crippen LogP contribution in [0, 0.1) is 5.82 Å². The highest BCUT2D eigenvalue weighted by Gasteiger charge is 2.39. The van der Waals surface area contributed by atoms with Crippen molar-refractivity contribution in [2.45, 2.75) is 39.7 Å². The SMILES string of the molecule is CCO[Si](CCCCOc1ccc(/C=C/C(=O)OC)cc1F)(OCC)OCC. The molecule has 0 saturated heterocycles. The smallest absolute Gasteiger partial charge is 0.491 e. The Balaban J connectivity index is 2.50. The zero-order chi connectivity index (χ0) is 20.8. The van der Waals surface area contributed by atoms with Crippen molar-refractivity contribution in [3.05, 3.63) is 35.7 Å². The molecule has 28 heavy (non-hydrogen) atoms. The summed E-state index contributed by atoms with van der Waals surface area (Å²) in [6, 6.07) is 5.23. The summed E-state index contributed by atoms with van der Waals surface area (Å²) in [7, 11) is -1.35. The molecule has 0 aliphatic heterocycles. The zero-order valence-corrected chi connectivity index (χ0v) is 18.2.